The fourth-order valence-corrected chi connectivity index (χ4v) is 3.55. The maximum Gasteiger partial charge on any atom is 0.269 e. The van der Waals surface area contributed by atoms with Gasteiger partial charge in [-0.15, -0.1) is 0 Å². The Morgan fingerprint density at radius 1 is 1.38 bits per heavy atom. The van der Waals surface area contributed by atoms with E-state index in [4.69, 9.17) is 5.73 Å². The number of nitrogens with two attached hydrogens (primary N) is 1. The third-order valence-corrected chi connectivity index (χ3v) is 4.95. The highest BCUT2D eigenvalue weighted by atomic mass is 32.2. The van der Waals surface area contributed by atoms with Crippen LogP contribution in [0.2, 0.25) is 0 Å². The number of hydrogen-bond acceptors (Lipinski definition) is 4. The lowest BCUT2D eigenvalue weighted by Crippen LogP contribution is -2.31. The molecule has 21 heavy (non-hydrogen) atoms. The molecule has 0 atom stereocenters. The van der Waals surface area contributed by atoms with Gasteiger partial charge in [0.05, 0.1) is 5.69 Å². The van der Waals surface area contributed by atoms with Crippen molar-refractivity contribution >= 4 is 21.5 Å². The first-order valence-corrected chi connectivity index (χ1v) is 7.95. The molecule has 0 bridgehead atoms. The van der Waals surface area contributed by atoms with Gasteiger partial charge in [-0.3, -0.25) is 8.99 Å². The van der Waals surface area contributed by atoms with Crippen LogP contribution in [-0.4, -0.2) is 24.7 Å². The number of nitrogen functional groups attached to an aromatic ring is 1. The molecule has 0 fully saturated rings. The first kappa shape index (κ1) is 15.3. The van der Waals surface area contributed by atoms with E-state index in [1.165, 1.54) is 35.1 Å². The van der Waals surface area contributed by atoms with Crippen LogP contribution in [0.15, 0.2) is 35.4 Å². The molecule has 8 heteroatoms. The van der Waals surface area contributed by atoms with Crippen molar-refractivity contribution in [2.75, 3.05) is 16.6 Å². The molecule has 0 spiro atoms. The summed E-state index contributed by atoms with van der Waals surface area (Å²) in [7, 11) is -3.88. The second kappa shape index (κ2) is 5.72. The van der Waals surface area contributed by atoms with E-state index in [1.54, 1.807) is 6.92 Å². The Morgan fingerprint density at radius 2 is 2.10 bits per heavy atom. The molecule has 1 heterocycles. The predicted octanol–water partition coefficient (Wildman–Crippen LogP) is 1.84. The highest BCUT2D eigenvalue weighted by Gasteiger charge is 2.28. The van der Waals surface area contributed by atoms with Crippen LogP contribution < -0.4 is 10.0 Å². The average Bonchev–Trinajstić information content (AvgIpc) is 2.81. The molecular weight excluding hydrogens is 295 g/mol. The van der Waals surface area contributed by atoms with Crippen molar-refractivity contribution in [1.82, 2.24) is 9.78 Å². The number of aryl methyl sites for hydroxylation is 1. The number of aromatic nitrogens is 2. The maximum atomic E-state index is 13.3. The molecule has 0 saturated heterocycles. The Bertz CT molecular complexity index is 742. The molecule has 0 unspecified atom stereocenters. The zero-order valence-corrected chi connectivity index (χ0v) is 12.6. The fraction of sp³-hybridized carbons (Fsp3) is 0.308. The average molecular weight is 312 g/mol. The van der Waals surface area contributed by atoms with Gasteiger partial charge in [-0.05, 0) is 32.0 Å². The van der Waals surface area contributed by atoms with Crippen LogP contribution in [0.4, 0.5) is 15.9 Å². The molecule has 0 aliphatic rings. The van der Waals surface area contributed by atoms with Crippen LogP contribution in [-0.2, 0) is 16.6 Å². The molecule has 0 radical (unpaired) electrons. The van der Waals surface area contributed by atoms with Gasteiger partial charge in [0.15, 0.2) is 5.82 Å². The van der Waals surface area contributed by atoms with Crippen molar-refractivity contribution in [1.29, 1.82) is 0 Å². The lowest BCUT2D eigenvalue weighted by Gasteiger charge is -2.22. The lowest BCUT2D eigenvalue weighted by atomic mass is 10.3. The number of hydrogen-bond donors (Lipinski definition) is 1. The Labute approximate surface area is 123 Å². The largest absolute Gasteiger partial charge is 0.381 e. The zero-order valence-electron chi connectivity index (χ0n) is 11.8. The van der Waals surface area contributed by atoms with Crippen LogP contribution in [0.25, 0.3) is 0 Å². The summed E-state index contributed by atoms with van der Waals surface area (Å²) in [4.78, 5) is -0.0736. The third kappa shape index (κ3) is 2.85. The summed E-state index contributed by atoms with van der Waals surface area (Å²) < 4.78 is 41.3. The SMILES string of the molecule is CCN(c1cccc(F)c1)S(=O)(=O)c1cn(CC)nc1N. The van der Waals surface area contributed by atoms with Gasteiger partial charge in [0.25, 0.3) is 10.0 Å². The molecule has 2 N–H and O–H groups in total. The molecule has 0 aliphatic carbocycles. The number of rotatable bonds is 5. The van der Waals surface area contributed by atoms with Gasteiger partial charge >= 0.3 is 0 Å². The van der Waals surface area contributed by atoms with E-state index in [0.717, 1.165) is 4.31 Å². The second-order valence-electron chi connectivity index (χ2n) is 4.38. The second-order valence-corrected chi connectivity index (χ2v) is 6.21. The summed E-state index contributed by atoms with van der Waals surface area (Å²) in [5, 5.41) is 3.94. The van der Waals surface area contributed by atoms with Gasteiger partial charge in [-0.2, -0.15) is 5.10 Å². The summed E-state index contributed by atoms with van der Waals surface area (Å²) >= 11 is 0. The summed E-state index contributed by atoms with van der Waals surface area (Å²) in [5.74, 6) is -0.565. The maximum absolute atomic E-state index is 13.3. The Kier molecular flexibility index (Phi) is 4.17. The molecule has 2 rings (SSSR count). The van der Waals surface area contributed by atoms with Gasteiger partial charge < -0.3 is 5.73 Å². The van der Waals surface area contributed by atoms with E-state index in [2.05, 4.69) is 5.10 Å². The van der Waals surface area contributed by atoms with Crippen LogP contribution in [0, 0.1) is 5.82 Å². The molecule has 0 amide bonds. The van der Waals surface area contributed by atoms with E-state index in [1.807, 2.05) is 6.92 Å². The van der Waals surface area contributed by atoms with E-state index < -0.39 is 15.8 Å². The van der Waals surface area contributed by atoms with Crippen LogP contribution >= 0.6 is 0 Å². The van der Waals surface area contributed by atoms with E-state index in [-0.39, 0.29) is 22.9 Å². The fourth-order valence-electron chi connectivity index (χ4n) is 2.02. The van der Waals surface area contributed by atoms with Crippen LogP contribution in [0.1, 0.15) is 13.8 Å². The van der Waals surface area contributed by atoms with E-state index in [0.29, 0.717) is 6.54 Å². The van der Waals surface area contributed by atoms with Crippen molar-refractivity contribution in [2.24, 2.45) is 0 Å². The summed E-state index contributed by atoms with van der Waals surface area (Å²) in [6.07, 6.45) is 1.38. The third-order valence-electron chi connectivity index (χ3n) is 3.03. The minimum absolute atomic E-state index is 0.0632. The highest BCUT2D eigenvalue weighted by molar-refractivity contribution is 7.93. The molecular formula is C13H17FN4O2S. The Morgan fingerprint density at radius 3 is 2.62 bits per heavy atom. The number of halogens is 1. The summed E-state index contributed by atoms with van der Waals surface area (Å²) in [6, 6.07) is 5.42. The van der Waals surface area contributed by atoms with Crippen molar-refractivity contribution in [3.63, 3.8) is 0 Å². The predicted molar refractivity (Wildman–Crippen MR) is 78.9 cm³/mol. The first-order valence-electron chi connectivity index (χ1n) is 6.51. The number of nitrogens with zero attached hydrogens (tertiary/aromatic N) is 3. The van der Waals surface area contributed by atoms with E-state index >= 15 is 0 Å². The topological polar surface area (TPSA) is 81.2 Å². The van der Waals surface area contributed by atoms with Gasteiger partial charge in [0.2, 0.25) is 0 Å². The lowest BCUT2D eigenvalue weighted by molar-refractivity contribution is 0.591. The standard InChI is InChI=1S/C13H17FN4O2S/c1-3-17-9-12(13(15)16-17)21(19,20)18(4-2)11-7-5-6-10(14)8-11/h5-9H,3-4H2,1-2H3,(H2,15,16). The zero-order chi connectivity index (χ0) is 15.6. The number of anilines is 2. The first-order chi connectivity index (χ1) is 9.90. The van der Waals surface area contributed by atoms with Crippen molar-refractivity contribution in [3.8, 4) is 0 Å². The summed E-state index contributed by atoms with van der Waals surface area (Å²) in [5.41, 5.74) is 5.94. The minimum atomic E-state index is -3.88. The Hall–Kier alpha value is -2.09. The van der Waals surface area contributed by atoms with Crippen molar-refractivity contribution < 1.29 is 12.8 Å². The van der Waals surface area contributed by atoms with Crippen LogP contribution in [0.5, 0.6) is 0 Å². The van der Waals surface area contributed by atoms with Gasteiger partial charge in [0, 0.05) is 19.3 Å². The monoisotopic (exact) mass is 312 g/mol. The molecule has 0 aliphatic heterocycles. The van der Waals surface area contributed by atoms with Gasteiger partial charge in [0.1, 0.15) is 10.7 Å². The normalized spacial score (nSPS) is 11.6. The number of benzene rings is 1. The Balaban J connectivity index is 2.51. The van der Waals surface area contributed by atoms with E-state index in [9.17, 15) is 12.8 Å². The summed E-state index contributed by atoms with van der Waals surface area (Å²) in [6.45, 7) is 4.16. The van der Waals surface area contributed by atoms with Gasteiger partial charge in [-0.1, -0.05) is 6.07 Å². The smallest absolute Gasteiger partial charge is 0.269 e. The van der Waals surface area contributed by atoms with Crippen LogP contribution in [0.3, 0.4) is 0 Å². The molecule has 114 valence electrons. The molecule has 6 nitrogen and oxygen atoms in total. The number of sulfonamides is 1. The minimum Gasteiger partial charge on any atom is -0.381 e. The molecule has 1 aromatic heterocycles. The highest BCUT2D eigenvalue weighted by Crippen LogP contribution is 2.26. The molecule has 1 aromatic carbocycles. The van der Waals surface area contributed by atoms with Gasteiger partial charge in [-0.25, -0.2) is 12.8 Å². The van der Waals surface area contributed by atoms with Crippen molar-refractivity contribution in [2.45, 2.75) is 25.3 Å². The molecule has 2 aromatic rings. The van der Waals surface area contributed by atoms with Crippen molar-refractivity contribution in [3.05, 3.63) is 36.3 Å². The molecule has 0 saturated carbocycles. The quantitative estimate of drug-likeness (QED) is 0.913.